The molecule has 0 bridgehead atoms. The van der Waals surface area contributed by atoms with Crippen LogP contribution in [0.15, 0.2) is 18.2 Å². The Kier molecular flexibility index (Phi) is 2.31. The predicted octanol–water partition coefficient (Wildman–Crippen LogP) is -0.754. The molecule has 5 heteroatoms. The summed E-state index contributed by atoms with van der Waals surface area (Å²) in [5.41, 5.74) is 0. The van der Waals surface area contributed by atoms with Crippen molar-refractivity contribution in [2.75, 3.05) is 0 Å². The maximum absolute atomic E-state index is 9.10. The van der Waals surface area contributed by atoms with E-state index in [1.54, 1.807) is 6.07 Å². The Morgan fingerprint density at radius 1 is 1.00 bits per heavy atom. The highest BCUT2D eigenvalue weighted by Gasteiger charge is 1.97. The second-order valence-electron chi connectivity index (χ2n) is 2.07. The van der Waals surface area contributed by atoms with Gasteiger partial charge in [-0.05, 0) is 0 Å². The van der Waals surface area contributed by atoms with E-state index in [0.29, 0.717) is 11.5 Å². The molecule has 0 aromatic heterocycles. The maximum atomic E-state index is 9.10. The van der Waals surface area contributed by atoms with E-state index < -0.39 is 0 Å². The summed E-state index contributed by atoms with van der Waals surface area (Å²) in [6.45, 7) is 0. The molecule has 0 spiro atoms. The van der Waals surface area contributed by atoms with Gasteiger partial charge >= 0.3 is 16.1 Å². The van der Waals surface area contributed by atoms with E-state index in [1.807, 2.05) is 0 Å². The molecular formula is C6H8B2O3. The minimum absolute atomic E-state index is 0.140. The van der Waals surface area contributed by atoms with E-state index in [9.17, 15) is 0 Å². The van der Waals surface area contributed by atoms with Gasteiger partial charge in [0.25, 0.3) is 0 Å². The third kappa shape index (κ3) is 1.83. The SMILES string of the molecule is BOc1cc(O)cc(OB)c1. The number of phenols is 1. The first-order valence-electron chi connectivity index (χ1n) is 3.18. The lowest BCUT2D eigenvalue weighted by atomic mass is 10.3. The third-order valence-corrected chi connectivity index (χ3v) is 1.34. The number of aromatic hydroxyl groups is 1. The van der Waals surface area contributed by atoms with Gasteiger partial charge in [-0.1, -0.05) is 0 Å². The summed E-state index contributed by atoms with van der Waals surface area (Å²) >= 11 is 0. The highest BCUT2D eigenvalue weighted by molar-refractivity contribution is 6.00. The van der Waals surface area contributed by atoms with Gasteiger partial charge < -0.3 is 14.4 Å². The van der Waals surface area contributed by atoms with E-state index in [1.165, 1.54) is 28.2 Å². The first-order valence-corrected chi connectivity index (χ1v) is 3.18. The fourth-order valence-corrected chi connectivity index (χ4v) is 0.792. The normalized spacial score (nSPS) is 9.09. The number of phenolic OH excluding ortho intramolecular Hbond substituents is 1. The zero-order valence-corrected chi connectivity index (χ0v) is 6.50. The zero-order valence-electron chi connectivity index (χ0n) is 6.50. The molecule has 0 amide bonds. The Morgan fingerprint density at radius 3 is 1.82 bits per heavy atom. The number of hydrogen-bond donors (Lipinski definition) is 1. The Hall–Kier alpha value is -1.25. The molecule has 0 radical (unpaired) electrons. The maximum Gasteiger partial charge on any atom is 0.322 e. The van der Waals surface area contributed by atoms with Gasteiger partial charge in [0.15, 0.2) is 0 Å². The van der Waals surface area contributed by atoms with Gasteiger partial charge in [-0.15, -0.1) is 0 Å². The molecule has 1 aromatic carbocycles. The van der Waals surface area contributed by atoms with Crippen LogP contribution in [0.3, 0.4) is 0 Å². The van der Waals surface area contributed by atoms with E-state index >= 15 is 0 Å². The summed E-state index contributed by atoms with van der Waals surface area (Å²) in [5.74, 6) is 1.31. The third-order valence-electron chi connectivity index (χ3n) is 1.34. The summed E-state index contributed by atoms with van der Waals surface area (Å²) in [7, 11) is 3.07. The summed E-state index contributed by atoms with van der Waals surface area (Å²) in [6, 6.07) is 4.73. The fraction of sp³-hybridized carbons (Fsp3) is 0. The lowest BCUT2D eigenvalue weighted by Gasteiger charge is -2.05. The molecular weight excluding hydrogens is 142 g/mol. The second kappa shape index (κ2) is 3.23. The van der Waals surface area contributed by atoms with Gasteiger partial charge in [0.1, 0.15) is 17.2 Å². The van der Waals surface area contributed by atoms with Crippen molar-refractivity contribution in [1.29, 1.82) is 0 Å². The van der Waals surface area contributed by atoms with Crippen molar-refractivity contribution >= 4 is 16.1 Å². The van der Waals surface area contributed by atoms with Crippen LogP contribution in [0.4, 0.5) is 0 Å². The van der Waals surface area contributed by atoms with E-state index in [2.05, 4.69) is 0 Å². The van der Waals surface area contributed by atoms with Crippen LogP contribution in [0.5, 0.6) is 17.2 Å². The van der Waals surface area contributed by atoms with Gasteiger partial charge in [-0.25, -0.2) is 0 Å². The number of rotatable bonds is 2. The predicted molar refractivity (Wildman–Crippen MR) is 46.5 cm³/mol. The van der Waals surface area contributed by atoms with Crippen LogP contribution in [0.1, 0.15) is 0 Å². The number of benzene rings is 1. The summed E-state index contributed by atoms with van der Waals surface area (Å²) in [5, 5.41) is 9.10. The molecule has 56 valence electrons. The molecule has 1 rings (SSSR count). The second-order valence-corrected chi connectivity index (χ2v) is 2.07. The first-order chi connectivity index (χ1) is 5.26. The summed E-state index contributed by atoms with van der Waals surface area (Å²) in [4.78, 5) is 0. The van der Waals surface area contributed by atoms with Crippen LogP contribution in [0, 0.1) is 0 Å². The molecule has 1 aromatic rings. The Bertz CT molecular complexity index is 229. The summed E-state index contributed by atoms with van der Waals surface area (Å²) < 4.78 is 9.80. The molecule has 0 unspecified atom stereocenters. The lowest BCUT2D eigenvalue weighted by Crippen LogP contribution is -1.88. The van der Waals surface area contributed by atoms with Crippen LogP contribution in [0.2, 0.25) is 0 Å². The highest BCUT2D eigenvalue weighted by atomic mass is 16.4. The molecule has 0 saturated carbocycles. The van der Waals surface area contributed by atoms with Gasteiger partial charge in [0, 0.05) is 18.2 Å². The van der Waals surface area contributed by atoms with Crippen LogP contribution in [-0.4, -0.2) is 21.2 Å². The first kappa shape index (κ1) is 7.85. The quantitative estimate of drug-likeness (QED) is 0.563. The smallest absolute Gasteiger partial charge is 0.322 e. The Balaban J connectivity index is 3.02. The lowest BCUT2D eigenvalue weighted by molar-refractivity contribution is 0.466. The van der Waals surface area contributed by atoms with Crippen molar-refractivity contribution < 1.29 is 14.4 Å². The minimum Gasteiger partial charge on any atom is -0.568 e. The molecule has 1 N–H and O–H groups in total. The molecule has 11 heavy (non-hydrogen) atoms. The van der Waals surface area contributed by atoms with Crippen LogP contribution in [0.25, 0.3) is 0 Å². The molecule has 0 atom stereocenters. The Morgan fingerprint density at radius 2 is 1.45 bits per heavy atom. The van der Waals surface area contributed by atoms with Crippen LogP contribution >= 0.6 is 0 Å². The van der Waals surface area contributed by atoms with Crippen LogP contribution < -0.4 is 9.31 Å². The molecule has 0 saturated heterocycles. The monoisotopic (exact) mass is 150 g/mol. The van der Waals surface area contributed by atoms with Crippen molar-refractivity contribution in [3.63, 3.8) is 0 Å². The van der Waals surface area contributed by atoms with E-state index in [4.69, 9.17) is 14.4 Å². The molecule has 0 aliphatic rings. The van der Waals surface area contributed by atoms with Crippen molar-refractivity contribution in [1.82, 2.24) is 0 Å². The topological polar surface area (TPSA) is 38.7 Å². The molecule has 3 nitrogen and oxygen atoms in total. The van der Waals surface area contributed by atoms with E-state index in [-0.39, 0.29) is 5.75 Å². The average molecular weight is 150 g/mol. The average Bonchev–Trinajstić information content (AvgIpc) is 2.03. The molecule has 0 aliphatic heterocycles. The Labute approximate surface area is 66.8 Å². The number of hydrogen-bond acceptors (Lipinski definition) is 3. The van der Waals surface area contributed by atoms with Crippen LogP contribution in [-0.2, 0) is 0 Å². The van der Waals surface area contributed by atoms with Crippen molar-refractivity contribution in [2.45, 2.75) is 0 Å². The highest BCUT2D eigenvalue weighted by Crippen LogP contribution is 2.25. The molecule has 0 fully saturated rings. The molecule has 0 aliphatic carbocycles. The van der Waals surface area contributed by atoms with Crippen molar-refractivity contribution in [3.05, 3.63) is 18.2 Å². The largest absolute Gasteiger partial charge is 0.568 e. The fourth-order valence-electron chi connectivity index (χ4n) is 0.792. The van der Waals surface area contributed by atoms with Gasteiger partial charge in [-0.3, -0.25) is 0 Å². The standard InChI is InChI=1S/C6H8B2O3/c7-10-5-1-4(9)2-6(3-5)11-8/h1-3,9H,7-8H2. The molecule has 0 heterocycles. The summed E-state index contributed by atoms with van der Waals surface area (Å²) in [6.07, 6.45) is 0. The van der Waals surface area contributed by atoms with Gasteiger partial charge in [0.05, 0.1) is 0 Å². The van der Waals surface area contributed by atoms with Gasteiger partial charge in [-0.2, -0.15) is 0 Å². The zero-order chi connectivity index (χ0) is 8.27. The minimum atomic E-state index is 0.140. The van der Waals surface area contributed by atoms with Crippen molar-refractivity contribution in [2.24, 2.45) is 0 Å². The van der Waals surface area contributed by atoms with E-state index in [0.717, 1.165) is 0 Å². The van der Waals surface area contributed by atoms with Crippen molar-refractivity contribution in [3.8, 4) is 17.2 Å². The van der Waals surface area contributed by atoms with Gasteiger partial charge in [0.2, 0.25) is 0 Å².